The van der Waals surface area contributed by atoms with Crippen LogP contribution in [0, 0.1) is 11.8 Å². The molecule has 5 nitrogen and oxygen atoms in total. The van der Waals surface area contributed by atoms with E-state index in [0.717, 1.165) is 30.1 Å². The molecule has 2 N–H and O–H groups in total. The smallest absolute Gasteiger partial charge is 0.262 e. The Morgan fingerprint density at radius 1 is 1.06 bits per heavy atom. The lowest BCUT2D eigenvalue weighted by molar-refractivity contribution is -0.112. The number of hydrogen-bond acceptors (Lipinski definition) is 4. The van der Waals surface area contributed by atoms with Crippen LogP contribution in [0.2, 0.25) is 0 Å². The number of carbonyl (C=O) groups is 2. The van der Waals surface area contributed by atoms with Gasteiger partial charge in [-0.15, -0.1) is 0 Å². The summed E-state index contributed by atoms with van der Waals surface area (Å²) >= 11 is 1.42. The summed E-state index contributed by atoms with van der Waals surface area (Å²) in [6.07, 6.45) is 1.88. The first-order chi connectivity index (χ1) is 15.3. The van der Waals surface area contributed by atoms with Crippen molar-refractivity contribution in [2.24, 2.45) is 11.8 Å². The Hall–Kier alpha value is -2.57. The molecule has 0 aliphatic carbocycles. The van der Waals surface area contributed by atoms with Crippen LogP contribution in [-0.2, 0) is 4.79 Å². The van der Waals surface area contributed by atoms with Gasteiger partial charge in [-0.25, -0.2) is 0 Å². The molecule has 170 valence electrons. The van der Waals surface area contributed by atoms with Gasteiger partial charge in [0.25, 0.3) is 11.8 Å². The maximum absolute atomic E-state index is 12.7. The highest BCUT2D eigenvalue weighted by Gasteiger charge is 2.22. The van der Waals surface area contributed by atoms with Crippen molar-refractivity contribution < 1.29 is 9.59 Å². The van der Waals surface area contributed by atoms with Crippen LogP contribution >= 0.6 is 11.8 Å². The number of nitrogens with one attached hydrogen (secondary N) is 2. The number of fused-ring (bicyclic) bond motifs is 1. The van der Waals surface area contributed by atoms with Gasteiger partial charge in [-0.1, -0.05) is 69.8 Å². The number of anilines is 1. The summed E-state index contributed by atoms with van der Waals surface area (Å²) < 4.78 is 0. The molecular formula is C26H33N3O2S. The highest BCUT2D eigenvalue weighted by atomic mass is 32.2. The summed E-state index contributed by atoms with van der Waals surface area (Å²) in [6.45, 7) is 12.3. The molecule has 0 saturated carbocycles. The van der Waals surface area contributed by atoms with Gasteiger partial charge in [0.05, 0.1) is 10.6 Å². The van der Waals surface area contributed by atoms with Crippen LogP contribution in [0.25, 0.3) is 6.08 Å². The van der Waals surface area contributed by atoms with E-state index in [9.17, 15) is 9.59 Å². The predicted molar refractivity (Wildman–Crippen MR) is 134 cm³/mol. The molecule has 0 fully saturated rings. The highest BCUT2D eigenvalue weighted by molar-refractivity contribution is 8.04. The van der Waals surface area contributed by atoms with Gasteiger partial charge in [0.2, 0.25) is 0 Å². The van der Waals surface area contributed by atoms with Crippen LogP contribution in [0.5, 0.6) is 0 Å². The fraction of sp³-hybridized carbons (Fsp3) is 0.385. The maximum Gasteiger partial charge on any atom is 0.262 e. The minimum Gasteiger partial charge on any atom is -0.351 e. The maximum atomic E-state index is 12.7. The molecule has 2 aromatic carbocycles. The van der Waals surface area contributed by atoms with E-state index in [1.807, 2.05) is 48.5 Å². The number of thioether (sulfide) groups is 1. The Labute approximate surface area is 195 Å². The monoisotopic (exact) mass is 451 g/mol. The zero-order valence-electron chi connectivity index (χ0n) is 19.4. The fourth-order valence-electron chi connectivity index (χ4n) is 3.72. The minimum absolute atomic E-state index is 0.119. The Morgan fingerprint density at radius 2 is 1.75 bits per heavy atom. The molecule has 3 rings (SSSR count). The normalized spacial score (nSPS) is 14.7. The zero-order chi connectivity index (χ0) is 23.1. The lowest BCUT2D eigenvalue weighted by Crippen LogP contribution is -2.38. The predicted octanol–water partition coefficient (Wildman–Crippen LogP) is 5.12. The second-order valence-electron chi connectivity index (χ2n) is 8.99. The average molecular weight is 452 g/mol. The molecular weight excluding hydrogens is 418 g/mol. The third-order valence-electron chi connectivity index (χ3n) is 4.99. The third kappa shape index (κ3) is 6.97. The third-order valence-corrected chi connectivity index (χ3v) is 6.09. The van der Waals surface area contributed by atoms with Gasteiger partial charge >= 0.3 is 0 Å². The van der Waals surface area contributed by atoms with Crippen LogP contribution in [0.1, 0.15) is 43.6 Å². The minimum atomic E-state index is -0.151. The van der Waals surface area contributed by atoms with Crippen molar-refractivity contribution in [1.82, 2.24) is 10.2 Å². The molecule has 0 atom stereocenters. The quantitative estimate of drug-likeness (QED) is 0.520. The van der Waals surface area contributed by atoms with Crippen molar-refractivity contribution in [3.05, 3.63) is 64.6 Å². The van der Waals surface area contributed by atoms with Crippen molar-refractivity contribution in [2.75, 3.05) is 31.5 Å². The Balaban J connectivity index is 1.61. The average Bonchev–Trinajstić information content (AvgIpc) is 2.73. The summed E-state index contributed by atoms with van der Waals surface area (Å²) in [5.41, 5.74) is 2.21. The lowest BCUT2D eigenvalue weighted by Gasteiger charge is -2.26. The van der Waals surface area contributed by atoms with Crippen molar-refractivity contribution in [3.8, 4) is 0 Å². The van der Waals surface area contributed by atoms with Crippen LogP contribution in [0.3, 0.4) is 0 Å². The van der Waals surface area contributed by atoms with Gasteiger partial charge in [0.1, 0.15) is 0 Å². The van der Waals surface area contributed by atoms with Crippen LogP contribution in [0.4, 0.5) is 5.69 Å². The van der Waals surface area contributed by atoms with Gasteiger partial charge in [-0.3, -0.25) is 9.59 Å². The van der Waals surface area contributed by atoms with Gasteiger partial charge in [-0.05, 0) is 41.7 Å². The first-order valence-electron chi connectivity index (χ1n) is 11.2. The van der Waals surface area contributed by atoms with Crippen LogP contribution in [-0.4, -0.2) is 42.9 Å². The van der Waals surface area contributed by atoms with E-state index in [1.165, 1.54) is 11.8 Å². The number of rotatable bonds is 9. The standard InChI is InChI=1S/C26H33N3O2S/c1-18(2)16-29(17-19(3)4)13-12-27-25(30)21-10-11-23-22(15-21)28-26(31)24(32-23)14-20-8-6-5-7-9-20/h5-11,14-15,18-19H,12-13,16-17H2,1-4H3,(H,27,30)(H,28,31). The van der Waals surface area contributed by atoms with E-state index in [-0.39, 0.29) is 11.8 Å². The van der Waals surface area contributed by atoms with Gasteiger partial charge in [0, 0.05) is 36.6 Å². The first kappa shape index (κ1) is 24.1. The lowest BCUT2D eigenvalue weighted by atomic mass is 10.1. The van der Waals surface area contributed by atoms with Gasteiger partial charge in [0.15, 0.2) is 0 Å². The number of amides is 2. The second kappa shape index (κ2) is 11.3. The van der Waals surface area contributed by atoms with E-state index in [4.69, 9.17) is 0 Å². The summed E-state index contributed by atoms with van der Waals surface area (Å²) in [5.74, 6) is 0.910. The summed E-state index contributed by atoms with van der Waals surface area (Å²) in [6, 6.07) is 15.2. The fourth-order valence-corrected chi connectivity index (χ4v) is 4.65. The molecule has 1 aliphatic rings. The van der Waals surface area contributed by atoms with Crippen molar-refractivity contribution in [2.45, 2.75) is 32.6 Å². The van der Waals surface area contributed by atoms with Crippen molar-refractivity contribution in [1.29, 1.82) is 0 Å². The largest absolute Gasteiger partial charge is 0.351 e. The first-order valence-corrected chi connectivity index (χ1v) is 12.0. The van der Waals surface area contributed by atoms with E-state index < -0.39 is 0 Å². The highest BCUT2D eigenvalue weighted by Crippen LogP contribution is 2.39. The molecule has 0 bridgehead atoms. The molecule has 0 saturated heterocycles. The molecule has 6 heteroatoms. The number of hydrogen-bond donors (Lipinski definition) is 2. The summed E-state index contributed by atoms with van der Waals surface area (Å²) in [7, 11) is 0. The van der Waals surface area contributed by atoms with Gasteiger partial charge < -0.3 is 15.5 Å². The molecule has 32 heavy (non-hydrogen) atoms. The second-order valence-corrected chi connectivity index (χ2v) is 10.1. The number of benzene rings is 2. The molecule has 0 unspecified atom stereocenters. The molecule has 0 aromatic heterocycles. The Bertz CT molecular complexity index is 960. The van der Waals surface area contributed by atoms with E-state index >= 15 is 0 Å². The molecule has 0 spiro atoms. The Morgan fingerprint density at radius 3 is 2.41 bits per heavy atom. The summed E-state index contributed by atoms with van der Waals surface area (Å²) in [5, 5.41) is 5.95. The van der Waals surface area contributed by atoms with E-state index in [1.54, 1.807) is 6.07 Å². The summed E-state index contributed by atoms with van der Waals surface area (Å²) in [4.78, 5) is 29.2. The molecule has 1 aliphatic heterocycles. The molecule has 1 heterocycles. The van der Waals surface area contributed by atoms with E-state index in [2.05, 4.69) is 43.2 Å². The SMILES string of the molecule is CC(C)CN(CCNC(=O)c1ccc2c(c1)NC(=O)C(=Cc1ccccc1)S2)CC(C)C. The van der Waals surface area contributed by atoms with Crippen LogP contribution < -0.4 is 10.6 Å². The van der Waals surface area contributed by atoms with Gasteiger partial charge in [-0.2, -0.15) is 0 Å². The van der Waals surface area contributed by atoms with Crippen molar-refractivity contribution in [3.63, 3.8) is 0 Å². The van der Waals surface area contributed by atoms with Crippen LogP contribution in [0.15, 0.2) is 58.3 Å². The number of nitrogens with zero attached hydrogens (tertiary/aromatic N) is 1. The molecule has 2 aromatic rings. The van der Waals surface area contributed by atoms with E-state index in [0.29, 0.717) is 34.5 Å². The topological polar surface area (TPSA) is 61.4 Å². The number of carbonyl (C=O) groups excluding carboxylic acids is 2. The Kier molecular flexibility index (Phi) is 8.53. The molecule has 2 amide bonds. The van der Waals surface area contributed by atoms with Crippen molar-refractivity contribution >= 4 is 35.3 Å². The zero-order valence-corrected chi connectivity index (χ0v) is 20.2. The molecule has 0 radical (unpaired) electrons.